The first-order valence-electron chi connectivity index (χ1n) is 4.78. The fraction of sp³-hybridized carbons (Fsp3) is 0.300. The third-order valence-corrected chi connectivity index (χ3v) is 3.44. The number of hydrogen-bond donors (Lipinski definition) is 2. The molecule has 2 heterocycles. The van der Waals surface area contributed by atoms with Crippen LogP contribution in [-0.2, 0) is 0 Å². The van der Waals surface area contributed by atoms with Gasteiger partial charge in [-0.1, -0.05) is 18.5 Å². The lowest BCUT2D eigenvalue weighted by molar-refractivity contribution is 0.640. The van der Waals surface area contributed by atoms with Gasteiger partial charge in [-0.3, -0.25) is 5.10 Å². The van der Waals surface area contributed by atoms with Gasteiger partial charge in [0.2, 0.25) is 0 Å². The fourth-order valence-electron chi connectivity index (χ4n) is 1.49. The van der Waals surface area contributed by atoms with Gasteiger partial charge in [0.1, 0.15) is 0 Å². The monoisotopic (exact) mass is 241 g/mol. The molecule has 0 aromatic carbocycles. The Morgan fingerprint density at radius 2 is 2.47 bits per heavy atom. The summed E-state index contributed by atoms with van der Waals surface area (Å²) in [6, 6.07) is 4.16. The highest BCUT2D eigenvalue weighted by Crippen LogP contribution is 2.30. The van der Waals surface area contributed by atoms with Gasteiger partial charge in [-0.25, -0.2) is 0 Å². The zero-order chi connectivity index (χ0) is 10.7. The molecular formula is C10H12ClN3S. The number of aromatic amines is 1. The molecule has 0 aliphatic rings. The number of rotatable bonds is 4. The first kappa shape index (κ1) is 10.7. The van der Waals surface area contributed by atoms with E-state index in [9.17, 15) is 0 Å². The molecule has 2 rings (SSSR count). The SMILES string of the molecule is CCNC(c1cn[nH]c1)c1ccc(Cl)s1. The van der Waals surface area contributed by atoms with E-state index in [1.807, 2.05) is 24.5 Å². The van der Waals surface area contributed by atoms with Crippen molar-refractivity contribution in [1.82, 2.24) is 15.5 Å². The second-order valence-corrected chi connectivity index (χ2v) is 4.91. The summed E-state index contributed by atoms with van der Waals surface area (Å²) < 4.78 is 0.816. The van der Waals surface area contributed by atoms with Crippen LogP contribution in [0.5, 0.6) is 0 Å². The quantitative estimate of drug-likeness (QED) is 0.864. The molecule has 0 fully saturated rings. The Morgan fingerprint density at radius 3 is 3.00 bits per heavy atom. The summed E-state index contributed by atoms with van der Waals surface area (Å²) in [4.78, 5) is 1.21. The van der Waals surface area contributed by atoms with E-state index in [2.05, 4.69) is 22.4 Å². The maximum atomic E-state index is 5.93. The second-order valence-electron chi connectivity index (χ2n) is 3.16. The van der Waals surface area contributed by atoms with Gasteiger partial charge >= 0.3 is 0 Å². The van der Waals surface area contributed by atoms with Crippen molar-refractivity contribution in [3.05, 3.63) is 39.3 Å². The minimum absolute atomic E-state index is 0.186. The lowest BCUT2D eigenvalue weighted by atomic mass is 10.1. The summed E-state index contributed by atoms with van der Waals surface area (Å²) in [6.07, 6.45) is 3.74. The highest BCUT2D eigenvalue weighted by molar-refractivity contribution is 7.16. The van der Waals surface area contributed by atoms with E-state index in [1.165, 1.54) is 4.88 Å². The molecule has 0 saturated carbocycles. The van der Waals surface area contributed by atoms with Gasteiger partial charge in [0.25, 0.3) is 0 Å². The maximum Gasteiger partial charge on any atom is 0.0931 e. The Balaban J connectivity index is 2.27. The molecule has 1 unspecified atom stereocenters. The summed E-state index contributed by atoms with van der Waals surface area (Å²) in [5.74, 6) is 0. The summed E-state index contributed by atoms with van der Waals surface area (Å²) >= 11 is 7.53. The first-order valence-corrected chi connectivity index (χ1v) is 5.98. The van der Waals surface area contributed by atoms with Crippen LogP contribution in [-0.4, -0.2) is 16.7 Å². The molecule has 2 aromatic heterocycles. The number of hydrogen-bond acceptors (Lipinski definition) is 3. The summed E-state index contributed by atoms with van der Waals surface area (Å²) in [5.41, 5.74) is 1.13. The van der Waals surface area contributed by atoms with Crippen LogP contribution >= 0.6 is 22.9 Å². The van der Waals surface area contributed by atoms with Crippen molar-refractivity contribution in [3.8, 4) is 0 Å². The predicted molar refractivity (Wildman–Crippen MR) is 63.4 cm³/mol. The average molecular weight is 242 g/mol. The lowest BCUT2D eigenvalue weighted by Gasteiger charge is -2.13. The summed E-state index contributed by atoms with van der Waals surface area (Å²) in [6.45, 7) is 2.99. The molecule has 0 aliphatic carbocycles. The molecule has 15 heavy (non-hydrogen) atoms. The normalized spacial score (nSPS) is 12.9. The molecule has 80 valence electrons. The largest absolute Gasteiger partial charge is 0.306 e. The smallest absolute Gasteiger partial charge is 0.0931 e. The van der Waals surface area contributed by atoms with E-state index in [0.29, 0.717) is 0 Å². The molecule has 0 amide bonds. The van der Waals surface area contributed by atoms with E-state index in [0.717, 1.165) is 16.4 Å². The van der Waals surface area contributed by atoms with Gasteiger partial charge < -0.3 is 5.32 Å². The molecule has 0 bridgehead atoms. The molecule has 2 N–H and O–H groups in total. The third kappa shape index (κ3) is 2.40. The van der Waals surface area contributed by atoms with Crippen molar-refractivity contribution in [2.45, 2.75) is 13.0 Å². The minimum Gasteiger partial charge on any atom is -0.306 e. The Morgan fingerprint density at radius 1 is 1.60 bits per heavy atom. The Bertz CT molecular complexity index is 410. The van der Waals surface area contributed by atoms with Crippen LogP contribution in [0.1, 0.15) is 23.4 Å². The highest BCUT2D eigenvalue weighted by atomic mass is 35.5. The zero-order valence-corrected chi connectivity index (χ0v) is 9.90. The van der Waals surface area contributed by atoms with E-state index in [1.54, 1.807) is 11.3 Å². The topological polar surface area (TPSA) is 40.7 Å². The number of halogens is 1. The molecule has 0 aliphatic heterocycles. The maximum absolute atomic E-state index is 5.93. The lowest BCUT2D eigenvalue weighted by Crippen LogP contribution is -2.20. The van der Waals surface area contributed by atoms with Gasteiger partial charge in [0, 0.05) is 16.6 Å². The number of aromatic nitrogens is 2. The molecular weight excluding hydrogens is 230 g/mol. The van der Waals surface area contributed by atoms with Gasteiger partial charge in [-0.2, -0.15) is 5.10 Å². The highest BCUT2D eigenvalue weighted by Gasteiger charge is 2.15. The van der Waals surface area contributed by atoms with Gasteiger partial charge in [-0.15, -0.1) is 11.3 Å². The Hall–Kier alpha value is -0.840. The van der Waals surface area contributed by atoms with Crippen LogP contribution in [0, 0.1) is 0 Å². The summed E-state index contributed by atoms with van der Waals surface area (Å²) in [7, 11) is 0. The van der Waals surface area contributed by atoms with Crippen molar-refractivity contribution in [1.29, 1.82) is 0 Å². The predicted octanol–water partition coefficient (Wildman–Crippen LogP) is 2.82. The molecule has 0 radical (unpaired) electrons. The average Bonchev–Trinajstić information content (AvgIpc) is 2.85. The van der Waals surface area contributed by atoms with Crippen molar-refractivity contribution in [2.75, 3.05) is 6.54 Å². The van der Waals surface area contributed by atoms with E-state index >= 15 is 0 Å². The first-order chi connectivity index (χ1) is 7.31. The van der Waals surface area contributed by atoms with Crippen molar-refractivity contribution in [3.63, 3.8) is 0 Å². The fourth-order valence-corrected chi connectivity index (χ4v) is 2.65. The molecule has 5 heteroatoms. The van der Waals surface area contributed by atoms with Crippen LogP contribution in [0.15, 0.2) is 24.5 Å². The van der Waals surface area contributed by atoms with Crippen LogP contribution in [0.3, 0.4) is 0 Å². The van der Waals surface area contributed by atoms with Crippen molar-refractivity contribution < 1.29 is 0 Å². The van der Waals surface area contributed by atoms with Crippen LogP contribution in [0.2, 0.25) is 4.34 Å². The number of nitrogens with zero attached hydrogens (tertiary/aromatic N) is 1. The number of thiophene rings is 1. The van der Waals surface area contributed by atoms with E-state index in [4.69, 9.17) is 11.6 Å². The van der Waals surface area contributed by atoms with Crippen molar-refractivity contribution in [2.24, 2.45) is 0 Å². The molecule has 0 spiro atoms. The molecule has 2 aromatic rings. The number of H-pyrrole nitrogens is 1. The van der Waals surface area contributed by atoms with Gasteiger partial charge in [0.15, 0.2) is 0 Å². The molecule has 3 nitrogen and oxygen atoms in total. The van der Waals surface area contributed by atoms with Crippen molar-refractivity contribution >= 4 is 22.9 Å². The molecule has 1 atom stereocenters. The minimum atomic E-state index is 0.186. The zero-order valence-electron chi connectivity index (χ0n) is 8.33. The number of nitrogens with one attached hydrogen (secondary N) is 2. The summed E-state index contributed by atoms with van der Waals surface area (Å²) in [5, 5.41) is 10.2. The van der Waals surface area contributed by atoms with E-state index < -0.39 is 0 Å². The third-order valence-electron chi connectivity index (χ3n) is 2.14. The van der Waals surface area contributed by atoms with E-state index in [-0.39, 0.29) is 6.04 Å². The standard InChI is InChI=1S/C10H12ClN3S/c1-2-12-10(7-5-13-14-6-7)8-3-4-9(11)15-8/h3-6,10,12H,2H2,1H3,(H,13,14). The Kier molecular flexibility index (Phi) is 3.41. The molecule has 0 saturated heterocycles. The van der Waals surface area contributed by atoms with Gasteiger partial charge in [0.05, 0.1) is 16.6 Å². The van der Waals surface area contributed by atoms with Gasteiger partial charge in [-0.05, 0) is 18.7 Å². The second kappa shape index (κ2) is 4.79. The van der Waals surface area contributed by atoms with Crippen LogP contribution < -0.4 is 5.32 Å². The van der Waals surface area contributed by atoms with Crippen LogP contribution in [0.25, 0.3) is 0 Å². The van der Waals surface area contributed by atoms with Crippen LogP contribution in [0.4, 0.5) is 0 Å². The Labute approximate surface area is 97.5 Å².